The second kappa shape index (κ2) is 6.95. The lowest BCUT2D eigenvalue weighted by molar-refractivity contribution is -0.128. The summed E-state index contributed by atoms with van der Waals surface area (Å²) in [6, 6.07) is 9.16. The molecule has 1 amide bonds. The fraction of sp³-hybridized carbons (Fsp3) is 0.500. The molecule has 0 aromatic heterocycles. The van der Waals surface area contributed by atoms with Crippen LogP contribution in [0, 0.1) is 17.2 Å². The second-order valence-electron chi connectivity index (χ2n) is 5.19. The highest BCUT2D eigenvalue weighted by atomic mass is 16.5. The van der Waals surface area contributed by atoms with Gasteiger partial charge in [0.05, 0.1) is 18.2 Å². The van der Waals surface area contributed by atoms with Crippen molar-refractivity contribution in [2.45, 2.75) is 26.2 Å². The van der Waals surface area contributed by atoms with E-state index in [2.05, 4.69) is 13.0 Å². The molecule has 1 aliphatic rings. The summed E-state index contributed by atoms with van der Waals surface area (Å²) in [7, 11) is 0. The number of benzene rings is 1. The van der Waals surface area contributed by atoms with Crippen molar-refractivity contribution in [2.24, 2.45) is 5.92 Å². The molecule has 1 saturated heterocycles. The van der Waals surface area contributed by atoms with Gasteiger partial charge in [0, 0.05) is 13.0 Å². The Morgan fingerprint density at radius 2 is 2.35 bits per heavy atom. The van der Waals surface area contributed by atoms with Crippen molar-refractivity contribution in [1.82, 2.24) is 4.90 Å². The number of rotatable bonds is 6. The zero-order chi connectivity index (χ0) is 14.4. The Labute approximate surface area is 120 Å². The van der Waals surface area contributed by atoms with Gasteiger partial charge in [-0.2, -0.15) is 5.26 Å². The third-order valence-electron chi connectivity index (χ3n) is 3.58. The highest BCUT2D eigenvalue weighted by molar-refractivity contribution is 5.78. The summed E-state index contributed by atoms with van der Waals surface area (Å²) in [6.07, 6.45) is 2.92. The van der Waals surface area contributed by atoms with Crippen molar-refractivity contribution < 1.29 is 9.53 Å². The van der Waals surface area contributed by atoms with Crippen LogP contribution in [0.1, 0.15) is 31.7 Å². The van der Waals surface area contributed by atoms with E-state index in [1.165, 1.54) is 0 Å². The van der Waals surface area contributed by atoms with Crippen LogP contribution in [0.4, 0.5) is 0 Å². The summed E-state index contributed by atoms with van der Waals surface area (Å²) in [6.45, 7) is 4.10. The van der Waals surface area contributed by atoms with Crippen molar-refractivity contribution in [3.05, 3.63) is 29.8 Å². The molecule has 20 heavy (non-hydrogen) atoms. The Morgan fingerprint density at radius 1 is 1.50 bits per heavy atom. The fourth-order valence-corrected chi connectivity index (χ4v) is 2.60. The molecule has 1 aliphatic heterocycles. The Kier molecular flexibility index (Phi) is 5.00. The maximum Gasteiger partial charge on any atom is 0.223 e. The second-order valence-corrected chi connectivity index (χ2v) is 5.19. The predicted molar refractivity (Wildman–Crippen MR) is 76.2 cm³/mol. The predicted octanol–water partition coefficient (Wildman–Crippen LogP) is 2.59. The number of hydrogen-bond donors (Lipinski definition) is 0. The van der Waals surface area contributed by atoms with E-state index in [1.54, 1.807) is 18.2 Å². The van der Waals surface area contributed by atoms with Gasteiger partial charge >= 0.3 is 0 Å². The number of nitriles is 1. The van der Waals surface area contributed by atoms with Crippen LogP contribution in [0.5, 0.6) is 5.75 Å². The number of likely N-dealkylation sites (tertiary alicyclic amines) is 1. The van der Waals surface area contributed by atoms with Crippen molar-refractivity contribution in [2.75, 3.05) is 19.7 Å². The van der Waals surface area contributed by atoms with E-state index in [0.717, 1.165) is 19.4 Å². The van der Waals surface area contributed by atoms with E-state index in [4.69, 9.17) is 10.00 Å². The van der Waals surface area contributed by atoms with E-state index >= 15 is 0 Å². The molecule has 1 fully saturated rings. The number of ether oxygens (including phenoxy) is 1. The SMILES string of the molecule is CCCC1CC(=O)N(CCOc2cccc(C#N)c2)C1. The van der Waals surface area contributed by atoms with Gasteiger partial charge in [0.1, 0.15) is 12.4 Å². The van der Waals surface area contributed by atoms with Gasteiger partial charge in [-0.3, -0.25) is 4.79 Å². The van der Waals surface area contributed by atoms with E-state index < -0.39 is 0 Å². The molecule has 0 bridgehead atoms. The summed E-state index contributed by atoms with van der Waals surface area (Å²) in [5.74, 6) is 1.42. The summed E-state index contributed by atoms with van der Waals surface area (Å²) in [5.41, 5.74) is 0.586. The smallest absolute Gasteiger partial charge is 0.223 e. The average molecular weight is 272 g/mol. The van der Waals surface area contributed by atoms with Crippen LogP contribution in [-0.4, -0.2) is 30.5 Å². The molecule has 0 saturated carbocycles. The van der Waals surface area contributed by atoms with E-state index in [1.807, 2.05) is 11.0 Å². The number of nitrogens with zero attached hydrogens (tertiary/aromatic N) is 2. The molecule has 4 heteroatoms. The Morgan fingerprint density at radius 3 is 3.10 bits per heavy atom. The van der Waals surface area contributed by atoms with Crippen LogP contribution in [0.15, 0.2) is 24.3 Å². The van der Waals surface area contributed by atoms with Crippen LogP contribution >= 0.6 is 0 Å². The Hall–Kier alpha value is -2.02. The first-order valence-electron chi connectivity index (χ1n) is 7.13. The minimum Gasteiger partial charge on any atom is -0.492 e. The first-order valence-corrected chi connectivity index (χ1v) is 7.13. The maximum atomic E-state index is 11.8. The van der Waals surface area contributed by atoms with Crippen LogP contribution in [0.2, 0.25) is 0 Å². The zero-order valence-electron chi connectivity index (χ0n) is 11.8. The molecule has 106 valence electrons. The van der Waals surface area contributed by atoms with Crippen molar-refractivity contribution in [1.29, 1.82) is 5.26 Å². The van der Waals surface area contributed by atoms with Gasteiger partial charge in [-0.1, -0.05) is 19.4 Å². The minimum absolute atomic E-state index is 0.234. The van der Waals surface area contributed by atoms with Crippen LogP contribution < -0.4 is 4.74 Å². The molecular formula is C16H20N2O2. The lowest BCUT2D eigenvalue weighted by Crippen LogP contribution is -2.29. The summed E-state index contributed by atoms with van der Waals surface area (Å²) in [5, 5.41) is 8.82. The molecule has 1 aromatic carbocycles. The number of carbonyl (C=O) groups is 1. The standard InChI is InChI=1S/C16H20N2O2/c1-2-4-14-10-16(19)18(12-14)7-8-20-15-6-3-5-13(9-15)11-17/h3,5-6,9,14H,2,4,7-8,10,12H2,1H3. The molecule has 1 atom stereocenters. The van der Waals surface area contributed by atoms with Gasteiger partial charge in [0.2, 0.25) is 5.91 Å². The van der Waals surface area contributed by atoms with Crippen molar-refractivity contribution in [3.63, 3.8) is 0 Å². The highest BCUT2D eigenvalue weighted by Crippen LogP contribution is 2.22. The van der Waals surface area contributed by atoms with Crippen LogP contribution in [0.25, 0.3) is 0 Å². The van der Waals surface area contributed by atoms with Gasteiger partial charge in [-0.05, 0) is 30.5 Å². The molecule has 1 unspecified atom stereocenters. The molecule has 0 N–H and O–H groups in total. The van der Waals surface area contributed by atoms with E-state index in [0.29, 0.717) is 36.8 Å². The Bertz CT molecular complexity index is 507. The van der Waals surface area contributed by atoms with Gasteiger partial charge in [0.25, 0.3) is 0 Å². The lowest BCUT2D eigenvalue weighted by Gasteiger charge is -2.17. The molecule has 0 radical (unpaired) electrons. The van der Waals surface area contributed by atoms with E-state index in [-0.39, 0.29) is 5.91 Å². The largest absolute Gasteiger partial charge is 0.492 e. The molecule has 1 heterocycles. The monoisotopic (exact) mass is 272 g/mol. The van der Waals surface area contributed by atoms with E-state index in [9.17, 15) is 4.79 Å². The lowest BCUT2D eigenvalue weighted by atomic mass is 10.0. The summed E-state index contributed by atoms with van der Waals surface area (Å²) < 4.78 is 5.61. The van der Waals surface area contributed by atoms with Gasteiger partial charge in [-0.15, -0.1) is 0 Å². The Balaban J connectivity index is 1.78. The van der Waals surface area contributed by atoms with Crippen molar-refractivity contribution >= 4 is 5.91 Å². The number of carbonyl (C=O) groups excluding carboxylic acids is 1. The third kappa shape index (κ3) is 3.74. The van der Waals surface area contributed by atoms with Crippen molar-refractivity contribution in [3.8, 4) is 11.8 Å². The first kappa shape index (κ1) is 14.4. The zero-order valence-corrected chi connectivity index (χ0v) is 11.8. The molecule has 2 rings (SSSR count). The van der Waals surface area contributed by atoms with Crippen LogP contribution in [-0.2, 0) is 4.79 Å². The first-order chi connectivity index (χ1) is 9.72. The minimum atomic E-state index is 0.234. The van der Waals surface area contributed by atoms with Gasteiger partial charge in [0.15, 0.2) is 0 Å². The molecule has 0 aliphatic carbocycles. The molecular weight excluding hydrogens is 252 g/mol. The van der Waals surface area contributed by atoms with Gasteiger partial charge in [-0.25, -0.2) is 0 Å². The number of hydrogen-bond acceptors (Lipinski definition) is 3. The third-order valence-corrected chi connectivity index (χ3v) is 3.58. The topological polar surface area (TPSA) is 53.3 Å². The number of amides is 1. The molecule has 0 spiro atoms. The molecule has 1 aromatic rings. The average Bonchev–Trinajstić information content (AvgIpc) is 2.80. The summed E-state index contributed by atoms with van der Waals surface area (Å²) in [4.78, 5) is 13.7. The fourth-order valence-electron chi connectivity index (χ4n) is 2.60. The van der Waals surface area contributed by atoms with Gasteiger partial charge < -0.3 is 9.64 Å². The molecule has 4 nitrogen and oxygen atoms in total. The highest BCUT2D eigenvalue weighted by Gasteiger charge is 2.28. The normalized spacial score (nSPS) is 18.1. The quantitative estimate of drug-likeness (QED) is 0.799. The summed E-state index contributed by atoms with van der Waals surface area (Å²) >= 11 is 0. The van der Waals surface area contributed by atoms with Crippen LogP contribution in [0.3, 0.4) is 0 Å². The maximum absolute atomic E-state index is 11.8.